The van der Waals surface area contributed by atoms with E-state index in [1.165, 1.54) is 0 Å². The van der Waals surface area contributed by atoms with E-state index in [-0.39, 0.29) is 11.9 Å². The van der Waals surface area contributed by atoms with Gasteiger partial charge in [0.15, 0.2) is 0 Å². The van der Waals surface area contributed by atoms with Gasteiger partial charge in [-0.2, -0.15) is 11.8 Å². The first-order valence-electron chi connectivity index (χ1n) is 6.55. The molecule has 1 N–H and O–H groups in total. The van der Waals surface area contributed by atoms with Crippen molar-refractivity contribution < 1.29 is 4.79 Å². The van der Waals surface area contributed by atoms with Crippen LogP contribution in [0, 0.1) is 0 Å². The van der Waals surface area contributed by atoms with E-state index in [4.69, 9.17) is 11.6 Å². The number of carbonyl (C=O) groups excluding carboxylic acids is 1. The maximum Gasteiger partial charge on any atom is 0.256 e. The van der Waals surface area contributed by atoms with Gasteiger partial charge in [-0.3, -0.25) is 4.79 Å². The van der Waals surface area contributed by atoms with Gasteiger partial charge < -0.3 is 10.2 Å². The molecule has 1 aliphatic rings. The number of hydrogen-bond acceptors (Lipinski definition) is 3. The highest BCUT2D eigenvalue weighted by Gasteiger charge is 2.26. The molecule has 0 spiro atoms. The maximum atomic E-state index is 12.7. The third-order valence-corrected chi connectivity index (χ3v) is 4.63. The first-order valence-corrected chi connectivity index (χ1v) is 8.09. The predicted octanol–water partition coefficient (Wildman–Crippen LogP) is 3.35. The van der Waals surface area contributed by atoms with Crippen molar-refractivity contribution in [1.29, 1.82) is 0 Å². The summed E-state index contributed by atoms with van der Waals surface area (Å²) < 4.78 is 0. The van der Waals surface area contributed by atoms with Crippen LogP contribution in [0.3, 0.4) is 0 Å². The number of anilines is 1. The van der Waals surface area contributed by atoms with Crippen LogP contribution in [0.15, 0.2) is 18.2 Å². The molecule has 1 atom stereocenters. The summed E-state index contributed by atoms with van der Waals surface area (Å²) in [6, 6.07) is 5.73. The minimum absolute atomic E-state index is 0.0752. The first kappa shape index (κ1) is 14.5. The molecule has 2 rings (SSSR count). The number of halogens is 1. The molecule has 1 aromatic rings. The molecule has 1 amide bonds. The monoisotopic (exact) mass is 298 g/mol. The minimum Gasteiger partial charge on any atom is -0.385 e. The van der Waals surface area contributed by atoms with Gasteiger partial charge in [0.2, 0.25) is 0 Å². The fourth-order valence-electron chi connectivity index (χ4n) is 2.22. The zero-order chi connectivity index (χ0) is 13.8. The molecule has 0 saturated carbocycles. The number of nitrogens with one attached hydrogen (secondary N) is 1. The molecule has 0 aliphatic carbocycles. The minimum atomic E-state index is 0.0752. The summed E-state index contributed by atoms with van der Waals surface area (Å²) >= 11 is 7.94. The molecule has 1 saturated heterocycles. The summed E-state index contributed by atoms with van der Waals surface area (Å²) in [6.45, 7) is 5.71. The number of nitrogens with zero attached hydrogens (tertiary/aromatic N) is 1. The molecule has 0 aromatic heterocycles. The Bertz CT molecular complexity index is 467. The lowest BCUT2D eigenvalue weighted by atomic mass is 10.1. The van der Waals surface area contributed by atoms with Crippen molar-refractivity contribution in [1.82, 2.24) is 4.90 Å². The molecule has 3 nitrogen and oxygen atoms in total. The van der Waals surface area contributed by atoms with Crippen LogP contribution >= 0.6 is 23.4 Å². The van der Waals surface area contributed by atoms with Crippen LogP contribution in [0.2, 0.25) is 5.02 Å². The molecule has 19 heavy (non-hydrogen) atoms. The summed E-state index contributed by atoms with van der Waals surface area (Å²) in [5.74, 6) is 2.09. The molecule has 1 aromatic carbocycles. The highest BCUT2D eigenvalue weighted by atomic mass is 35.5. The molecule has 1 aliphatic heterocycles. The summed E-state index contributed by atoms with van der Waals surface area (Å²) in [7, 11) is 0. The average Bonchev–Trinajstić information content (AvgIpc) is 2.41. The molecular formula is C14H19ClN2OS. The number of rotatable bonds is 3. The molecule has 0 bridgehead atoms. The Balaban J connectivity index is 2.28. The van der Waals surface area contributed by atoms with Crippen molar-refractivity contribution in [3.8, 4) is 0 Å². The molecule has 1 fully saturated rings. The highest BCUT2D eigenvalue weighted by Crippen LogP contribution is 2.25. The Morgan fingerprint density at radius 2 is 2.37 bits per heavy atom. The van der Waals surface area contributed by atoms with Gasteiger partial charge in [-0.1, -0.05) is 11.6 Å². The molecule has 0 radical (unpaired) electrons. The first-order chi connectivity index (χ1) is 9.13. The average molecular weight is 299 g/mol. The van der Waals surface area contributed by atoms with E-state index < -0.39 is 0 Å². The highest BCUT2D eigenvalue weighted by molar-refractivity contribution is 7.99. The van der Waals surface area contributed by atoms with Gasteiger partial charge in [0, 0.05) is 41.3 Å². The van der Waals surface area contributed by atoms with Crippen molar-refractivity contribution in [2.75, 3.05) is 29.9 Å². The number of amides is 1. The van der Waals surface area contributed by atoms with Gasteiger partial charge in [-0.15, -0.1) is 0 Å². The molecule has 5 heteroatoms. The van der Waals surface area contributed by atoms with Gasteiger partial charge in [0.1, 0.15) is 0 Å². The second kappa shape index (κ2) is 6.53. The van der Waals surface area contributed by atoms with Crippen molar-refractivity contribution in [2.24, 2.45) is 0 Å². The number of thioether (sulfide) groups is 1. The molecule has 104 valence electrons. The summed E-state index contributed by atoms with van der Waals surface area (Å²) in [6.07, 6.45) is 0. The molecule has 1 heterocycles. The summed E-state index contributed by atoms with van der Waals surface area (Å²) in [4.78, 5) is 14.6. The smallest absolute Gasteiger partial charge is 0.256 e. The quantitative estimate of drug-likeness (QED) is 0.929. The normalized spacial score (nSPS) is 19.3. The van der Waals surface area contributed by atoms with Crippen LogP contribution in [0.25, 0.3) is 0 Å². The van der Waals surface area contributed by atoms with Crippen LogP contribution in [0.5, 0.6) is 0 Å². The number of carbonyl (C=O) groups is 1. The lowest BCUT2D eigenvalue weighted by Crippen LogP contribution is -2.44. The fraction of sp³-hybridized carbons (Fsp3) is 0.500. The van der Waals surface area contributed by atoms with Crippen molar-refractivity contribution in [3.05, 3.63) is 28.8 Å². The molecular weight excluding hydrogens is 280 g/mol. The fourth-order valence-corrected chi connectivity index (χ4v) is 3.41. The zero-order valence-electron chi connectivity index (χ0n) is 11.3. The Morgan fingerprint density at radius 1 is 1.58 bits per heavy atom. The van der Waals surface area contributed by atoms with E-state index in [1.807, 2.05) is 35.7 Å². The summed E-state index contributed by atoms with van der Waals surface area (Å²) in [5.41, 5.74) is 1.54. The Hall–Kier alpha value is -0.870. The van der Waals surface area contributed by atoms with Crippen molar-refractivity contribution in [3.63, 3.8) is 0 Å². The predicted molar refractivity (Wildman–Crippen MR) is 83.4 cm³/mol. The van der Waals surface area contributed by atoms with Gasteiger partial charge in [-0.25, -0.2) is 0 Å². The van der Waals surface area contributed by atoms with Gasteiger partial charge >= 0.3 is 0 Å². The second-order valence-corrected chi connectivity index (χ2v) is 6.23. The van der Waals surface area contributed by atoms with Crippen LogP contribution in [-0.4, -0.2) is 41.4 Å². The van der Waals surface area contributed by atoms with Gasteiger partial charge in [0.05, 0.1) is 5.56 Å². The van der Waals surface area contributed by atoms with E-state index in [1.54, 1.807) is 6.07 Å². The third-order valence-electron chi connectivity index (χ3n) is 3.21. The SMILES string of the molecule is CCNc1ccc(Cl)cc1C(=O)N1CCSCC1C. The topological polar surface area (TPSA) is 32.3 Å². The Kier molecular flexibility index (Phi) is 4.99. The van der Waals surface area contributed by atoms with Crippen molar-refractivity contribution >= 4 is 35.0 Å². The van der Waals surface area contributed by atoms with Crippen LogP contribution in [0.4, 0.5) is 5.69 Å². The summed E-state index contributed by atoms with van der Waals surface area (Å²) in [5, 5.41) is 3.83. The second-order valence-electron chi connectivity index (χ2n) is 4.64. The van der Waals surface area contributed by atoms with E-state index in [2.05, 4.69) is 12.2 Å². The van der Waals surface area contributed by atoms with E-state index in [9.17, 15) is 4.79 Å². The van der Waals surface area contributed by atoms with E-state index in [0.717, 1.165) is 30.3 Å². The number of hydrogen-bond donors (Lipinski definition) is 1. The van der Waals surface area contributed by atoms with Crippen LogP contribution < -0.4 is 5.32 Å². The van der Waals surface area contributed by atoms with Crippen LogP contribution in [-0.2, 0) is 0 Å². The molecule has 1 unspecified atom stereocenters. The Morgan fingerprint density at radius 3 is 3.05 bits per heavy atom. The standard InChI is InChI=1S/C14H19ClN2OS/c1-3-16-13-5-4-11(15)8-12(13)14(18)17-6-7-19-9-10(17)2/h4-5,8,10,16H,3,6-7,9H2,1-2H3. The van der Waals surface area contributed by atoms with Gasteiger partial charge in [-0.05, 0) is 32.0 Å². The van der Waals surface area contributed by atoms with E-state index >= 15 is 0 Å². The van der Waals surface area contributed by atoms with Crippen LogP contribution in [0.1, 0.15) is 24.2 Å². The third kappa shape index (κ3) is 3.37. The largest absolute Gasteiger partial charge is 0.385 e. The zero-order valence-corrected chi connectivity index (χ0v) is 12.9. The lowest BCUT2D eigenvalue weighted by molar-refractivity contribution is 0.0717. The van der Waals surface area contributed by atoms with E-state index in [0.29, 0.717) is 10.6 Å². The van der Waals surface area contributed by atoms with Crippen molar-refractivity contribution in [2.45, 2.75) is 19.9 Å². The lowest BCUT2D eigenvalue weighted by Gasteiger charge is -2.33. The van der Waals surface area contributed by atoms with Gasteiger partial charge in [0.25, 0.3) is 5.91 Å². The number of benzene rings is 1. The maximum absolute atomic E-state index is 12.7. The Labute approximate surface area is 123 Å².